The molecule has 0 spiro atoms. The normalized spacial score (nSPS) is 13.3. The second-order valence-corrected chi connectivity index (χ2v) is 12.1. The Morgan fingerprint density at radius 2 is 1.12 bits per heavy atom. The molecular formula is C40H40N2O7. The van der Waals surface area contributed by atoms with Gasteiger partial charge in [-0.2, -0.15) is 0 Å². The molecule has 2 aromatic heterocycles. The number of hydrogen-bond donors (Lipinski definition) is 3. The highest BCUT2D eigenvalue weighted by Gasteiger charge is 2.25. The van der Waals surface area contributed by atoms with Crippen LogP contribution in [-0.2, 0) is 25.9 Å². The fourth-order valence-electron chi connectivity index (χ4n) is 6.19. The van der Waals surface area contributed by atoms with Gasteiger partial charge in [-0.15, -0.1) is 0 Å². The van der Waals surface area contributed by atoms with Crippen LogP contribution >= 0.6 is 0 Å². The summed E-state index contributed by atoms with van der Waals surface area (Å²) in [4.78, 5) is 26.0. The van der Waals surface area contributed by atoms with E-state index in [2.05, 4.69) is 10.6 Å². The number of benzene rings is 4. The molecule has 0 unspecified atom stereocenters. The lowest BCUT2D eigenvalue weighted by atomic mass is 9.93. The van der Waals surface area contributed by atoms with Gasteiger partial charge < -0.3 is 34.0 Å². The number of aliphatic hydroxyl groups is 1. The molecule has 0 aliphatic carbocycles. The van der Waals surface area contributed by atoms with Crippen LogP contribution in [0.25, 0.3) is 21.9 Å². The zero-order valence-corrected chi connectivity index (χ0v) is 27.6. The second-order valence-electron chi connectivity index (χ2n) is 12.1. The first kappa shape index (κ1) is 33.7. The number of hydrogen-bond acceptors (Lipinski definition) is 9. The molecule has 252 valence electrons. The summed E-state index contributed by atoms with van der Waals surface area (Å²) in [7, 11) is 3.08. The van der Waals surface area contributed by atoms with Crippen LogP contribution in [0.2, 0.25) is 0 Å². The molecule has 0 saturated carbocycles. The molecule has 0 saturated heterocycles. The summed E-state index contributed by atoms with van der Waals surface area (Å²) >= 11 is 0. The van der Waals surface area contributed by atoms with Crippen LogP contribution < -0.4 is 31.4 Å². The first-order valence-electron chi connectivity index (χ1n) is 16.3. The molecule has 0 aliphatic rings. The van der Waals surface area contributed by atoms with Crippen LogP contribution in [0.15, 0.2) is 128 Å². The summed E-state index contributed by atoms with van der Waals surface area (Å²) in [6, 6.07) is 33.9. The lowest BCUT2D eigenvalue weighted by Gasteiger charge is -2.29. The summed E-state index contributed by atoms with van der Waals surface area (Å²) < 4.78 is 22.0. The smallest absolute Gasteiger partial charge is 0.340 e. The second kappa shape index (κ2) is 15.8. The molecule has 0 bridgehead atoms. The number of para-hydroxylation sites is 2. The van der Waals surface area contributed by atoms with E-state index in [1.54, 1.807) is 18.2 Å². The van der Waals surface area contributed by atoms with Gasteiger partial charge in [-0.25, -0.2) is 9.59 Å². The van der Waals surface area contributed by atoms with E-state index in [1.807, 2.05) is 91.0 Å². The third-order valence-electron chi connectivity index (χ3n) is 8.78. The van der Waals surface area contributed by atoms with Crippen molar-refractivity contribution < 1.29 is 23.4 Å². The standard InChI is InChI=1S/C40H40N2O7/c1-46-35-17-9-15-28-21-30(39(44)48-37(28)35)24-41-32(19-26-11-5-3-6-12-26)23-34(43)33(20-27-13-7-4-8-14-27)42-25-31-22-29-16-10-18-36(47-2)38(29)49-40(31)45/h3-18,21-22,32-34,41-43H,19-20,23-25H2,1-2H3/t32-,33-,34-/m0/s1. The third-order valence-corrected chi connectivity index (χ3v) is 8.78. The van der Waals surface area contributed by atoms with Crippen LogP contribution in [0.5, 0.6) is 11.5 Å². The van der Waals surface area contributed by atoms with Crippen molar-refractivity contribution in [2.24, 2.45) is 0 Å². The lowest BCUT2D eigenvalue weighted by molar-refractivity contribution is 0.104. The van der Waals surface area contributed by atoms with Crippen molar-refractivity contribution in [2.75, 3.05) is 14.2 Å². The Morgan fingerprint density at radius 3 is 1.63 bits per heavy atom. The average molecular weight is 661 g/mol. The van der Waals surface area contributed by atoms with E-state index in [1.165, 1.54) is 14.2 Å². The van der Waals surface area contributed by atoms with Gasteiger partial charge in [0.25, 0.3) is 0 Å². The number of ether oxygens (including phenoxy) is 2. The number of aliphatic hydroxyl groups excluding tert-OH is 1. The first-order chi connectivity index (χ1) is 23.9. The van der Waals surface area contributed by atoms with E-state index in [0.29, 0.717) is 53.1 Å². The number of fused-ring (bicyclic) bond motifs is 2. The Hall–Kier alpha value is -5.22. The largest absolute Gasteiger partial charge is 0.493 e. The van der Waals surface area contributed by atoms with Gasteiger partial charge in [0.1, 0.15) is 0 Å². The molecule has 9 nitrogen and oxygen atoms in total. The zero-order chi connectivity index (χ0) is 34.2. The molecule has 0 amide bonds. The van der Waals surface area contributed by atoms with Crippen LogP contribution in [0.1, 0.15) is 28.7 Å². The van der Waals surface area contributed by atoms with Gasteiger partial charge in [-0.1, -0.05) is 84.9 Å². The summed E-state index contributed by atoms with van der Waals surface area (Å²) in [5.41, 5.74) is 2.97. The first-order valence-corrected chi connectivity index (χ1v) is 16.3. The molecule has 4 aromatic carbocycles. The fraction of sp³-hybridized carbons (Fsp3) is 0.250. The van der Waals surface area contributed by atoms with E-state index in [0.717, 1.165) is 21.9 Å². The predicted molar refractivity (Wildman–Crippen MR) is 190 cm³/mol. The summed E-state index contributed by atoms with van der Waals surface area (Å²) in [6.45, 7) is 0.445. The molecule has 0 fully saturated rings. The quantitative estimate of drug-likeness (QED) is 0.118. The molecule has 49 heavy (non-hydrogen) atoms. The molecule has 3 N–H and O–H groups in total. The van der Waals surface area contributed by atoms with Crippen molar-refractivity contribution in [2.45, 2.75) is 50.5 Å². The van der Waals surface area contributed by atoms with Gasteiger partial charge >= 0.3 is 11.3 Å². The Kier molecular flexibility index (Phi) is 10.8. The average Bonchev–Trinajstić information content (AvgIpc) is 3.12. The van der Waals surface area contributed by atoms with Crippen LogP contribution in [0.3, 0.4) is 0 Å². The maximum Gasteiger partial charge on any atom is 0.340 e. The van der Waals surface area contributed by atoms with Crippen molar-refractivity contribution >= 4 is 21.9 Å². The molecule has 2 heterocycles. The number of methoxy groups -OCH3 is 2. The highest BCUT2D eigenvalue weighted by atomic mass is 16.5. The number of nitrogens with one attached hydrogen (secondary N) is 2. The topological polar surface area (TPSA) is 123 Å². The Morgan fingerprint density at radius 1 is 0.633 bits per heavy atom. The van der Waals surface area contributed by atoms with Crippen LogP contribution in [0.4, 0.5) is 0 Å². The van der Waals surface area contributed by atoms with Crippen molar-refractivity contribution in [1.29, 1.82) is 0 Å². The minimum Gasteiger partial charge on any atom is -0.493 e. The maximum absolute atomic E-state index is 13.0. The highest BCUT2D eigenvalue weighted by Crippen LogP contribution is 2.26. The van der Waals surface area contributed by atoms with Crippen LogP contribution in [-0.4, -0.2) is 37.5 Å². The van der Waals surface area contributed by atoms with Crippen molar-refractivity contribution in [3.05, 3.63) is 152 Å². The Balaban J connectivity index is 1.23. The summed E-state index contributed by atoms with van der Waals surface area (Å²) in [5.74, 6) is 0.988. The Labute approximate surface area is 284 Å². The summed E-state index contributed by atoms with van der Waals surface area (Å²) in [5, 5.41) is 20.3. The van der Waals surface area contributed by atoms with Crippen molar-refractivity contribution in [3.63, 3.8) is 0 Å². The molecule has 3 atom stereocenters. The van der Waals surface area contributed by atoms with Gasteiger partial charge in [-0.05, 0) is 54.7 Å². The van der Waals surface area contributed by atoms with Crippen molar-refractivity contribution in [3.8, 4) is 11.5 Å². The third kappa shape index (κ3) is 8.26. The zero-order valence-electron chi connectivity index (χ0n) is 27.6. The monoisotopic (exact) mass is 660 g/mol. The molecule has 6 aromatic rings. The molecule has 0 radical (unpaired) electrons. The van der Waals surface area contributed by atoms with Crippen LogP contribution in [0, 0.1) is 0 Å². The van der Waals surface area contributed by atoms with Gasteiger partial charge in [-0.3, -0.25) is 0 Å². The van der Waals surface area contributed by atoms with Crippen molar-refractivity contribution in [1.82, 2.24) is 10.6 Å². The van der Waals surface area contributed by atoms with Gasteiger partial charge in [0.2, 0.25) is 0 Å². The minimum absolute atomic E-state index is 0.197. The van der Waals surface area contributed by atoms with E-state index in [4.69, 9.17) is 18.3 Å². The Bertz CT molecular complexity index is 2110. The van der Waals surface area contributed by atoms with E-state index < -0.39 is 23.4 Å². The number of rotatable bonds is 15. The molecule has 0 aliphatic heterocycles. The molecular weight excluding hydrogens is 620 g/mol. The van der Waals surface area contributed by atoms with E-state index in [-0.39, 0.29) is 19.1 Å². The predicted octanol–water partition coefficient (Wildman–Crippen LogP) is 5.77. The van der Waals surface area contributed by atoms with Gasteiger partial charge in [0.15, 0.2) is 22.7 Å². The maximum atomic E-state index is 13.0. The van der Waals surface area contributed by atoms with E-state index >= 15 is 0 Å². The fourth-order valence-corrected chi connectivity index (χ4v) is 6.19. The lowest BCUT2D eigenvalue weighted by Crippen LogP contribution is -2.46. The van der Waals surface area contributed by atoms with Gasteiger partial charge in [0, 0.05) is 35.9 Å². The SMILES string of the molecule is COc1cccc2cc(CN[C@@H](Cc3ccccc3)C[C@H](O)[C@H](Cc3ccccc3)NCc3cc4cccc(OC)c4oc3=O)c(=O)oc12. The minimum atomic E-state index is -0.814. The van der Waals surface area contributed by atoms with E-state index in [9.17, 15) is 14.7 Å². The molecule has 6 rings (SSSR count). The van der Waals surface area contributed by atoms with Gasteiger partial charge in [0.05, 0.1) is 31.5 Å². The molecule has 9 heteroatoms. The summed E-state index contributed by atoms with van der Waals surface area (Å²) in [6.07, 6.45) is 0.712. The highest BCUT2D eigenvalue weighted by molar-refractivity contribution is 5.83.